The molecule has 0 saturated carbocycles. The Balaban J connectivity index is 2.42. The molecule has 1 aromatic heterocycles. The zero-order valence-corrected chi connectivity index (χ0v) is 11.8. The fourth-order valence-electron chi connectivity index (χ4n) is 1.19. The van der Waals surface area contributed by atoms with Crippen LogP contribution in [0.3, 0.4) is 0 Å². The number of ether oxygens (including phenoxy) is 1. The van der Waals surface area contributed by atoms with E-state index in [0.717, 1.165) is 11.7 Å². The second kappa shape index (κ2) is 5.90. The maximum absolute atomic E-state index is 11.7. The Morgan fingerprint density at radius 1 is 1.44 bits per heavy atom. The van der Waals surface area contributed by atoms with Gasteiger partial charge in [-0.2, -0.15) is 8.75 Å². The van der Waals surface area contributed by atoms with Crippen LogP contribution in [0.1, 0.15) is 26.5 Å². The van der Waals surface area contributed by atoms with Crippen LogP contribution >= 0.6 is 11.7 Å². The number of rotatable bonds is 4. The number of nitrogens with zero attached hydrogens (tertiary/aromatic N) is 3. The van der Waals surface area contributed by atoms with E-state index in [0.29, 0.717) is 5.69 Å². The molecule has 1 amide bonds. The number of ketones is 1. The summed E-state index contributed by atoms with van der Waals surface area (Å²) in [6.45, 7) is 5.34. The Kier molecular flexibility index (Phi) is 4.77. The Morgan fingerprint density at radius 3 is 2.61 bits per heavy atom. The third-order valence-corrected chi connectivity index (χ3v) is 2.42. The van der Waals surface area contributed by atoms with E-state index in [1.165, 1.54) is 11.9 Å². The van der Waals surface area contributed by atoms with Crippen LogP contribution < -0.4 is 0 Å². The van der Waals surface area contributed by atoms with Gasteiger partial charge in [0, 0.05) is 7.05 Å². The molecule has 0 aromatic carbocycles. The molecule has 100 valence electrons. The highest BCUT2D eigenvalue weighted by molar-refractivity contribution is 6.99. The Bertz CT molecular complexity index is 412. The molecule has 6 nitrogen and oxygen atoms in total. The van der Waals surface area contributed by atoms with Gasteiger partial charge in [-0.3, -0.25) is 4.79 Å². The fraction of sp³-hybridized carbons (Fsp3) is 0.636. The van der Waals surface area contributed by atoms with E-state index in [-0.39, 0.29) is 18.7 Å². The van der Waals surface area contributed by atoms with Gasteiger partial charge in [-0.25, -0.2) is 4.79 Å². The molecule has 0 bridgehead atoms. The van der Waals surface area contributed by atoms with Crippen molar-refractivity contribution in [2.24, 2.45) is 0 Å². The maximum atomic E-state index is 11.7. The number of carbonyl (C=O) groups excluding carboxylic acids is 2. The van der Waals surface area contributed by atoms with E-state index in [2.05, 4.69) is 8.75 Å². The van der Waals surface area contributed by atoms with Crippen LogP contribution in [-0.2, 0) is 16.0 Å². The highest BCUT2D eigenvalue weighted by atomic mass is 32.1. The normalized spacial score (nSPS) is 11.1. The molecule has 0 N–H and O–H groups in total. The van der Waals surface area contributed by atoms with Gasteiger partial charge in [0.1, 0.15) is 5.60 Å². The van der Waals surface area contributed by atoms with Gasteiger partial charge in [0.2, 0.25) is 0 Å². The summed E-state index contributed by atoms with van der Waals surface area (Å²) in [5, 5.41) is 0. The van der Waals surface area contributed by atoms with E-state index >= 15 is 0 Å². The molecule has 0 aliphatic rings. The van der Waals surface area contributed by atoms with Crippen LogP contribution in [0, 0.1) is 0 Å². The first-order chi connectivity index (χ1) is 8.28. The lowest BCUT2D eigenvalue weighted by Gasteiger charge is -2.24. The van der Waals surface area contributed by atoms with Crippen LogP contribution in [0.5, 0.6) is 0 Å². The van der Waals surface area contributed by atoms with Gasteiger partial charge in [-0.15, -0.1) is 0 Å². The summed E-state index contributed by atoms with van der Waals surface area (Å²) in [6.07, 6.45) is 1.23. The van der Waals surface area contributed by atoms with E-state index in [9.17, 15) is 9.59 Å². The molecule has 0 atom stereocenters. The molecular weight excluding hydrogens is 254 g/mol. The first kappa shape index (κ1) is 14.6. The van der Waals surface area contributed by atoms with E-state index in [4.69, 9.17) is 4.74 Å². The molecule has 0 aliphatic heterocycles. The van der Waals surface area contributed by atoms with Crippen molar-refractivity contribution in [3.63, 3.8) is 0 Å². The van der Waals surface area contributed by atoms with Gasteiger partial charge in [-0.05, 0) is 20.8 Å². The molecule has 1 rings (SSSR count). The topological polar surface area (TPSA) is 72.4 Å². The summed E-state index contributed by atoms with van der Waals surface area (Å²) in [5.41, 5.74) is 0.0651. The van der Waals surface area contributed by atoms with Crippen LogP contribution in [0.15, 0.2) is 6.20 Å². The summed E-state index contributed by atoms with van der Waals surface area (Å²) >= 11 is 1.06. The Morgan fingerprint density at radius 2 is 2.11 bits per heavy atom. The van der Waals surface area contributed by atoms with Crippen molar-refractivity contribution in [2.75, 3.05) is 13.6 Å². The number of hydrogen-bond acceptors (Lipinski definition) is 6. The van der Waals surface area contributed by atoms with Gasteiger partial charge < -0.3 is 9.64 Å². The van der Waals surface area contributed by atoms with Crippen molar-refractivity contribution in [2.45, 2.75) is 32.8 Å². The summed E-state index contributed by atoms with van der Waals surface area (Å²) in [7, 11) is 1.53. The average molecular weight is 271 g/mol. The third kappa shape index (κ3) is 5.22. The number of amides is 1. The van der Waals surface area contributed by atoms with Gasteiger partial charge in [-0.1, -0.05) is 0 Å². The number of aromatic nitrogens is 2. The lowest BCUT2D eigenvalue weighted by atomic mass is 10.2. The first-order valence-electron chi connectivity index (χ1n) is 5.50. The second-order valence-corrected chi connectivity index (χ2v) is 5.51. The lowest BCUT2D eigenvalue weighted by molar-refractivity contribution is -0.119. The summed E-state index contributed by atoms with van der Waals surface area (Å²) in [5.74, 6) is -0.101. The molecule has 0 saturated heterocycles. The molecule has 0 fully saturated rings. The van der Waals surface area contributed by atoms with Gasteiger partial charge in [0.05, 0.1) is 36.6 Å². The quantitative estimate of drug-likeness (QED) is 0.830. The molecule has 7 heteroatoms. The van der Waals surface area contributed by atoms with Gasteiger partial charge >= 0.3 is 6.09 Å². The largest absolute Gasteiger partial charge is 0.444 e. The molecule has 1 aromatic rings. The first-order valence-corrected chi connectivity index (χ1v) is 6.23. The molecule has 1 heterocycles. The lowest BCUT2D eigenvalue weighted by Crippen LogP contribution is -2.37. The Hall–Kier alpha value is -1.50. The minimum absolute atomic E-state index is 0.00639. The SMILES string of the molecule is CN(CC(=O)Cc1cnsn1)C(=O)OC(C)(C)C. The zero-order valence-electron chi connectivity index (χ0n) is 11.0. The van der Waals surface area contributed by atoms with Crippen molar-refractivity contribution in [1.29, 1.82) is 0 Å². The smallest absolute Gasteiger partial charge is 0.410 e. The van der Waals surface area contributed by atoms with Crippen LogP contribution in [-0.4, -0.2) is 44.7 Å². The average Bonchev–Trinajstić information content (AvgIpc) is 2.67. The monoisotopic (exact) mass is 271 g/mol. The van der Waals surface area contributed by atoms with Crippen molar-refractivity contribution in [1.82, 2.24) is 13.6 Å². The van der Waals surface area contributed by atoms with Crippen molar-refractivity contribution in [3.8, 4) is 0 Å². The van der Waals surface area contributed by atoms with E-state index in [1.807, 2.05) is 0 Å². The van der Waals surface area contributed by atoms with Crippen molar-refractivity contribution >= 4 is 23.6 Å². The minimum Gasteiger partial charge on any atom is -0.444 e. The maximum Gasteiger partial charge on any atom is 0.410 e. The highest BCUT2D eigenvalue weighted by Gasteiger charge is 2.21. The Labute approximate surface area is 110 Å². The number of hydrogen-bond donors (Lipinski definition) is 0. The molecular formula is C11H17N3O3S. The molecule has 0 radical (unpaired) electrons. The number of carbonyl (C=O) groups is 2. The van der Waals surface area contributed by atoms with Gasteiger partial charge in [0.15, 0.2) is 5.78 Å². The standard InChI is InChI=1S/C11H17N3O3S/c1-11(2,3)17-10(16)14(4)7-9(15)5-8-6-12-18-13-8/h6H,5,7H2,1-4H3. The highest BCUT2D eigenvalue weighted by Crippen LogP contribution is 2.09. The van der Waals surface area contributed by atoms with Crippen molar-refractivity contribution < 1.29 is 14.3 Å². The minimum atomic E-state index is -0.562. The van der Waals surface area contributed by atoms with Crippen molar-refractivity contribution in [3.05, 3.63) is 11.9 Å². The predicted molar refractivity (Wildman–Crippen MR) is 67.5 cm³/mol. The number of Topliss-reactive ketones (excluding diaryl/α,β-unsaturated/α-hetero) is 1. The summed E-state index contributed by atoms with van der Waals surface area (Å²) < 4.78 is 12.9. The zero-order chi connectivity index (χ0) is 13.8. The molecule has 18 heavy (non-hydrogen) atoms. The van der Waals surface area contributed by atoms with Crippen LogP contribution in [0.4, 0.5) is 4.79 Å². The predicted octanol–water partition coefficient (Wildman–Crippen LogP) is 1.52. The molecule has 0 aliphatic carbocycles. The van der Waals surface area contributed by atoms with E-state index in [1.54, 1.807) is 27.0 Å². The second-order valence-electron chi connectivity index (χ2n) is 4.95. The molecule has 0 spiro atoms. The molecule has 0 unspecified atom stereocenters. The summed E-state index contributed by atoms with van der Waals surface area (Å²) in [4.78, 5) is 24.6. The number of likely N-dealkylation sites (N-methyl/N-ethyl adjacent to an activating group) is 1. The van der Waals surface area contributed by atoms with Gasteiger partial charge in [0.25, 0.3) is 0 Å². The van der Waals surface area contributed by atoms with E-state index < -0.39 is 11.7 Å². The summed E-state index contributed by atoms with van der Waals surface area (Å²) in [6, 6.07) is 0. The van der Waals surface area contributed by atoms with Crippen LogP contribution in [0.2, 0.25) is 0 Å². The fourth-order valence-corrected chi connectivity index (χ4v) is 1.62. The van der Waals surface area contributed by atoms with Crippen LogP contribution in [0.25, 0.3) is 0 Å². The third-order valence-electron chi connectivity index (χ3n) is 1.90.